The van der Waals surface area contributed by atoms with Crippen LogP contribution < -0.4 is 14.8 Å². The molecule has 0 radical (unpaired) electrons. The van der Waals surface area contributed by atoms with Crippen molar-refractivity contribution in [1.29, 1.82) is 0 Å². The molecule has 3 aromatic rings. The van der Waals surface area contributed by atoms with Gasteiger partial charge in [-0.25, -0.2) is 0 Å². The Bertz CT molecular complexity index is 995. The maximum Gasteiger partial charge on any atom is 0.234 e. The Balaban J connectivity index is 1.46. The van der Waals surface area contributed by atoms with Crippen LogP contribution in [-0.2, 0) is 10.5 Å². The number of aromatic nitrogens is 2. The van der Waals surface area contributed by atoms with Crippen LogP contribution in [0.1, 0.15) is 11.7 Å². The molecule has 1 aromatic heterocycles. The zero-order chi connectivity index (χ0) is 20.1. The highest BCUT2D eigenvalue weighted by atomic mass is 32.2. The predicted molar refractivity (Wildman–Crippen MR) is 112 cm³/mol. The van der Waals surface area contributed by atoms with Crippen LogP contribution in [0.15, 0.2) is 56.8 Å². The molecule has 0 bridgehead atoms. The third-order valence-corrected chi connectivity index (χ3v) is 5.92. The summed E-state index contributed by atoms with van der Waals surface area (Å²) in [6.45, 7) is 2.74. The fourth-order valence-electron chi connectivity index (χ4n) is 2.69. The lowest BCUT2D eigenvalue weighted by atomic mass is 10.2. The molecular weight excluding hydrogens is 410 g/mol. The van der Waals surface area contributed by atoms with E-state index in [1.54, 1.807) is 18.7 Å². The van der Waals surface area contributed by atoms with Crippen molar-refractivity contribution in [2.75, 3.05) is 24.3 Å². The van der Waals surface area contributed by atoms with Gasteiger partial charge in [0.25, 0.3) is 0 Å². The molecular formula is C20H19N3O4S2. The van der Waals surface area contributed by atoms with Crippen LogP contribution in [0, 0.1) is 6.92 Å². The first-order valence-corrected chi connectivity index (χ1v) is 11.0. The van der Waals surface area contributed by atoms with Gasteiger partial charge < -0.3 is 19.3 Å². The number of anilines is 1. The topological polar surface area (TPSA) is 86.5 Å². The molecule has 0 aliphatic carbocycles. The summed E-state index contributed by atoms with van der Waals surface area (Å²) in [5.74, 6) is 3.11. The third kappa shape index (κ3) is 5.24. The average molecular weight is 430 g/mol. The Kier molecular flexibility index (Phi) is 6.26. The lowest BCUT2D eigenvalue weighted by Crippen LogP contribution is -2.18. The molecule has 9 heteroatoms. The van der Waals surface area contributed by atoms with E-state index in [1.807, 2.05) is 42.5 Å². The maximum atomic E-state index is 12.5. The summed E-state index contributed by atoms with van der Waals surface area (Å²) < 4.78 is 16.3. The van der Waals surface area contributed by atoms with Crippen molar-refractivity contribution in [2.24, 2.45) is 0 Å². The van der Waals surface area contributed by atoms with E-state index in [2.05, 4.69) is 15.5 Å². The number of aryl methyl sites for hydroxylation is 1. The molecule has 0 saturated heterocycles. The molecule has 2 aromatic carbocycles. The van der Waals surface area contributed by atoms with Gasteiger partial charge in [-0.1, -0.05) is 35.1 Å². The van der Waals surface area contributed by atoms with Crippen molar-refractivity contribution in [3.05, 3.63) is 54.2 Å². The molecule has 7 nitrogen and oxygen atoms in total. The first-order chi connectivity index (χ1) is 14.2. The molecule has 1 aliphatic rings. The molecule has 0 unspecified atom stereocenters. The van der Waals surface area contributed by atoms with Crippen molar-refractivity contribution in [1.82, 2.24) is 10.1 Å². The number of fused-ring (bicyclic) bond motifs is 1. The Morgan fingerprint density at radius 3 is 2.62 bits per heavy atom. The van der Waals surface area contributed by atoms with E-state index in [0.29, 0.717) is 47.9 Å². The van der Waals surface area contributed by atoms with E-state index >= 15 is 0 Å². The van der Waals surface area contributed by atoms with Crippen molar-refractivity contribution < 1.29 is 18.8 Å². The Hall–Kier alpha value is -2.65. The number of benzene rings is 2. The van der Waals surface area contributed by atoms with Gasteiger partial charge in [0.05, 0.1) is 17.2 Å². The number of ether oxygens (including phenoxy) is 2. The highest BCUT2D eigenvalue weighted by molar-refractivity contribution is 7.99. The van der Waals surface area contributed by atoms with E-state index in [9.17, 15) is 4.79 Å². The third-order valence-electron chi connectivity index (χ3n) is 3.92. The van der Waals surface area contributed by atoms with E-state index in [0.717, 1.165) is 9.79 Å². The Morgan fingerprint density at radius 1 is 1.14 bits per heavy atom. The summed E-state index contributed by atoms with van der Waals surface area (Å²) >= 11 is 2.99. The van der Waals surface area contributed by atoms with Gasteiger partial charge in [-0.2, -0.15) is 4.98 Å². The first kappa shape index (κ1) is 19.7. The molecule has 0 atom stereocenters. The van der Waals surface area contributed by atoms with Crippen LogP contribution in [0.4, 0.5) is 5.69 Å². The van der Waals surface area contributed by atoms with E-state index < -0.39 is 0 Å². The smallest absolute Gasteiger partial charge is 0.234 e. The van der Waals surface area contributed by atoms with Crippen molar-refractivity contribution >= 4 is 35.1 Å². The average Bonchev–Trinajstić information content (AvgIpc) is 3.14. The molecule has 2 heterocycles. The summed E-state index contributed by atoms with van der Waals surface area (Å²) in [5, 5.41) is 6.83. The summed E-state index contributed by atoms with van der Waals surface area (Å²) in [7, 11) is 0. The summed E-state index contributed by atoms with van der Waals surface area (Å²) in [6.07, 6.45) is 0. The number of rotatable bonds is 7. The number of nitrogens with one attached hydrogen (secondary N) is 1. The van der Waals surface area contributed by atoms with Gasteiger partial charge in [0.2, 0.25) is 11.8 Å². The van der Waals surface area contributed by atoms with Crippen LogP contribution >= 0.6 is 23.5 Å². The Morgan fingerprint density at radius 2 is 1.90 bits per heavy atom. The van der Waals surface area contributed by atoms with Crippen molar-refractivity contribution in [3.8, 4) is 11.5 Å². The van der Waals surface area contributed by atoms with Crippen LogP contribution in [0.3, 0.4) is 0 Å². The largest absolute Gasteiger partial charge is 0.486 e. The number of amides is 1. The molecule has 0 spiro atoms. The fourth-order valence-corrected chi connectivity index (χ4v) is 4.28. The van der Waals surface area contributed by atoms with Crippen LogP contribution in [0.5, 0.6) is 11.5 Å². The minimum atomic E-state index is -0.109. The fraction of sp³-hybridized carbons (Fsp3) is 0.250. The standard InChI is InChI=1S/C20H19N3O4S2/c1-13-21-19(23-27-13)11-28-12-20(24)22-15-9-16-17(26-8-7-25-16)10-18(15)29-14-5-3-2-4-6-14/h2-6,9-10H,7-8,11-12H2,1H3,(H,22,24). The van der Waals surface area contributed by atoms with Gasteiger partial charge >= 0.3 is 0 Å². The molecule has 0 fully saturated rings. The van der Waals surface area contributed by atoms with Gasteiger partial charge in [0.15, 0.2) is 17.3 Å². The molecule has 1 amide bonds. The molecule has 4 rings (SSSR count). The molecule has 150 valence electrons. The van der Waals surface area contributed by atoms with E-state index in [-0.39, 0.29) is 11.7 Å². The van der Waals surface area contributed by atoms with Crippen molar-refractivity contribution in [2.45, 2.75) is 22.5 Å². The zero-order valence-electron chi connectivity index (χ0n) is 15.7. The van der Waals surface area contributed by atoms with Crippen molar-refractivity contribution in [3.63, 3.8) is 0 Å². The van der Waals surface area contributed by atoms with Crippen LogP contribution in [0.2, 0.25) is 0 Å². The minimum Gasteiger partial charge on any atom is -0.486 e. The second-order valence-corrected chi connectivity index (χ2v) is 8.28. The molecule has 1 N–H and O–H groups in total. The molecule has 29 heavy (non-hydrogen) atoms. The SMILES string of the molecule is Cc1nc(CSCC(=O)Nc2cc3c(cc2Sc2ccccc2)OCCO3)no1. The van der Waals surface area contributed by atoms with E-state index in [4.69, 9.17) is 14.0 Å². The number of carbonyl (C=O) groups is 1. The number of nitrogens with zero attached hydrogens (tertiary/aromatic N) is 2. The normalized spacial score (nSPS) is 12.6. The van der Waals surface area contributed by atoms with Gasteiger partial charge in [0, 0.05) is 28.8 Å². The van der Waals surface area contributed by atoms with E-state index in [1.165, 1.54) is 11.8 Å². The van der Waals surface area contributed by atoms with Gasteiger partial charge in [-0.15, -0.1) is 11.8 Å². The molecule has 1 aliphatic heterocycles. The second kappa shape index (κ2) is 9.23. The second-order valence-electron chi connectivity index (χ2n) is 6.18. The zero-order valence-corrected chi connectivity index (χ0v) is 17.3. The maximum absolute atomic E-state index is 12.5. The quantitative estimate of drug-likeness (QED) is 0.599. The summed E-state index contributed by atoms with van der Waals surface area (Å²) in [4.78, 5) is 18.6. The lowest BCUT2D eigenvalue weighted by Gasteiger charge is -2.21. The highest BCUT2D eigenvalue weighted by Gasteiger charge is 2.18. The summed E-state index contributed by atoms with van der Waals surface area (Å²) in [6, 6.07) is 13.7. The van der Waals surface area contributed by atoms with Crippen LogP contribution in [-0.4, -0.2) is 35.0 Å². The van der Waals surface area contributed by atoms with Gasteiger partial charge in [0.1, 0.15) is 13.2 Å². The van der Waals surface area contributed by atoms with Gasteiger partial charge in [-0.3, -0.25) is 4.79 Å². The van der Waals surface area contributed by atoms with Crippen LogP contribution in [0.25, 0.3) is 0 Å². The number of carbonyl (C=O) groups excluding carboxylic acids is 1. The first-order valence-electron chi connectivity index (χ1n) is 9.01. The number of hydrogen-bond acceptors (Lipinski definition) is 8. The monoisotopic (exact) mass is 429 g/mol. The number of thioether (sulfide) groups is 1. The lowest BCUT2D eigenvalue weighted by molar-refractivity contribution is -0.113. The minimum absolute atomic E-state index is 0.109. The van der Waals surface area contributed by atoms with Gasteiger partial charge in [-0.05, 0) is 12.1 Å². The highest BCUT2D eigenvalue weighted by Crippen LogP contribution is 2.42. The summed E-state index contributed by atoms with van der Waals surface area (Å²) in [5.41, 5.74) is 0.698. The number of hydrogen-bond donors (Lipinski definition) is 1. The molecule has 0 saturated carbocycles. The predicted octanol–water partition coefficient (Wildman–Crippen LogP) is 4.17. The Labute approximate surface area is 176 Å².